The number of aromatic hydroxyl groups is 1. The van der Waals surface area contributed by atoms with Crippen LogP contribution in [0.25, 0.3) is 21.8 Å². The summed E-state index contributed by atoms with van der Waals surface area (Å²) in [7, 11) is 1.35. The first kappa shape index (κ1) is 46.9. The molecule has 5 N–H and O–H groups in total. The lowest BCUT2D eigenvalue weighted by atomic mass is 9.73. The molecule has 0 amide bonds. The largest absolute Gasteiger partial charge is 0.508 e. The van der Waals surface area contributed by atoms with E-state index in [0.29, 0.717) is 27.4 Å². The van der Waals surface area contributed by atoms with Crippen molar-refractivity contribution in [2.45, 2.75) is 87.8 Å². The van der Waals surface area contributed by atoms with Crippen LogP contribution >= 0.6 is 0 Å². The smallest absolute Gasteiger partial charge is 0.417 e. The monoisotopic (exact) mass is 874 g/mol. The fraction of sp³-hybridized carbons (Fsp3) is 0.341. The van der Waals surface area contributed by atoms with Crippen molar-refractivity contribution < 1.29 is 60.1 Å². The van der Waals surface area contributed by atoms with Crippen LogP contribution in [-0.2, 0) is 23.7 Å². The first-order valence-corrected chi connectivity index (χ1v) is 18.8. The molecule has 330 valence electrons. The molecule has 2 unspecified atom stereocenters. The number of aromatic nitrogens is 2. The predicted octanol–water partition coefficient (Wildman–Crippen LogP) is 10.5. The predicted molar refractivity (Wildman–Crippen MR) is 214 cm³/mol. The number of phenols is 1. The number of fused-ring (bicyclic) bond motifs is 2. The molecule has 0 radical (unpaired) electrons. The van der Waals surface area contributed by atoms with E-state index in [1.807, 2.05) is 6.07 Å². The van der Waals surface area contributed by atoms with Crippen LogP contribution in [0, 0.1) is 33.1 Å². The highest BCUT2D eigenvalue weighted by Crippen LogP contribution is 2.47. The van der Waals surface area contributed by atoms with Gasteiger partial charge in [0.05, 0.1) is 23.7 Å². The van der Waals surface area contributed by atoms with E-state index in [1.165, 1.54) is 77.3 Å². The van der Waals surface area contributed by atoms with Crippen molar-refractivity contribution in [2.24, 2.45) is 0 Å². The van der Waals surface area contributed by atoms with E-state index in [0.717, 1.165) is 30.3 Å². The Morgan fingerprint density at radius 3 is 1.74 bits per heavy atom. The Hall–Kier alpha value is -6.19. The summed E-state index contributed by atoms with van der Waals surface area (Å²) in [5.74, 6) is -1.48. The average molecular weight is 875 g/mol. The minimum atomic E-state index is -5.05. The molecular weight excluding hydrogens is 832 g/mol. The third-order valence-corrected chi connectivity index (χ3v) is 10.7. The molecule has 62 heavy (non-hydrogen) atoms. The van der Waals surface area contributed by atoms with Crippen molar-refractivity contribution in [3.8, 4) is 17.6 Å². The normalized spacial score (nSPS) is 14.4. The molecule has 2 aromatic heterocycles. The van der Waals surface area contributed by atoms with E-state index in [4.69, 9.17) is 10.00 Å². The van der Waals surface area contributed by atoms with Crippen LogP contribution in [0.2, 0.25) is 0 Å². The molecule has 0 saturated carbocycles. The summed E-state index contributed by atoms with van der Waals surface area (Å²) < 4.78 is 117. The Morgan fingerprint density at radius 2 is 1.21 bits per heavy atom. The number of H-pyrrole nitrogens is 2. The summed E-state index contributed by atoms with van der Waals surface area (Å²) in [6.45, 7) is 5.75. The molecule has 2 heterocycles. The Bertz CT molecular complexity index is 2650. The summed E-state index contributed by atoms with van der Waals surface area (Å²) in [5, 5.41) is 52.4. The topological polar surface area (TPSA) is 168 Å². The number of aromatic amines is 2. The zero-order valence-electron chi connectivity index (χ0n) is 33.9. The van der Waals surface area contributed by atoms with Gasteiger partial charge in [0.15, 0.2) is 11.2 Å². The second kappa shape index (κ2) is 16.9. The second-order valence-corrected chi connectivity index (χ2v) is 16.6. The van der Waals surface area contributed by atoms with Gasteiger partial charge in [-0.25, -0.2) is 8.78 Å². The number of nitro groups is 1. The van der Waals surface area contributed by atoms with Gasteiger partial charge in [0.1, 0.15) is 23.1 Å². The van der Waals surface area contributed by atoms with Gasteiger partial charge in [0.25, 0.3) is 5.69 Å². The molecule has 0 fully saturated rings. The number of hydrogen-bond donors (Lipinski definition) is 5. The van der Waals surface area contributed by atoms with Crippen LogP contribution in [0.3, 0.4) is 0 Å². The molecule has 0 aliphatic carbocycles. The number of nitriles is 1. The first-order valence-electron chi connectivity index (χ1n) is 18.8. The maximum atomic E-state index is 14.1. The number of nitro benzene ring substituents is 1. The minimum Gasteiger partial charge on any atom is -0.508 e. The van der Waals surface area contributed by atoms with Gasteiger partial charge in [-0.15, -0.1) is 0 Å². The van der Waals surface area contributed by atoms with Crippen molar-refractivity contribution in [3.63, 3.8) is 0 Å². The van der Waals surface area contributed by atoms with Gasteiger partial charge < -0.3 is 30.0 Å². The van der Waals surface area contributed by atoms with Gasteiger partial charge in [-0.2, -0.15) is 31.6 Å². The molecule has 18 heteroatoms. The molecule has 6 aromatic rings. The fourth-order valence-electron chi connectivity index (χ4n) is 7.81. The highest BCUT2D eigenvalue weighted by molar-refractivity contribution is 5.83. The van der Waals surface area contributed by atoms with E-state index in [2.05, 4.69) is 9.97 Å². The molecule has 6 rings (SSSR count). The fourth-order valence-corrected chi connectivity index (χ4v) is 7.81. The van der Waals surface area contributed by atoms with Gasteiger partial charge in [0, 0.05) is 63.9 Å². The molecule has 4 aromatic carbocycles. The van der Waals surface area contributed by atoms with E-state index in [-0.39, 0.29) is 39.7 Å². The van der Waals surface area contributed by atoms with Crippen molar-refractivity contribution >= 4 is 27.5 Å². The number of alkyl halides is 6. The number of halogens is 8. The zero-order valence-corrected chi connectivity index (χ0v) is 33.9. The number of hydrogen-bond acceptors (Lipinski definition) is 7. The van der Waals surface area contributed by atoms with E-state index < -0.39 is 76.6 Å². The molecule has 0 aliphatic heterocycles. The number of ether oxygens (including phenoxy) is 1. The van der Waals surface area contributed by atoms with Gasteiger partial charge in [-0.3, -0.25) is 10.1 Å². The molecule has 2 atom stereocenters. The van der Waals surface area contributed by atoms with Crippen molar-refractivity contribution in [2.75, 3.05) is 7.11 Å². The van der Waals surface area contributed by atoms with Crippen LogP contribution in [0.15, 0.2) is 84.9 Å². The SMILES string of the molecule is CC(C)(CC(O)(Cc1cc2cc([N+](=O)[O-])ccc2[nH]1)C(F)(F)F)c1cc(F)ccc1O.COc1ccc(F)cc1C(C)(C)CC(O)(Cc1cc2ccc(C#N)cc2[nH]1)C(F)(F)F. The lowest BCUT2D eigenvalue weighted by Crippen LogP contribution is -2.51. The maximum absolute atomic E-state index is 14.1. The van der Waals surface area contributed by atoms with Crippen LogP contribution in [-0.4, -0.2) is 60.9 Å². The summed E-state index contributed by atoms with van der Waals surface area (Å²) in [4.78, 5) is 15.9. The van der Waals surface area contributed by atoms with Crippen LogP contribution in [0.1, 0.15) is 68.6 Å². The molecule has 0 aliphatic rings. The summed E-state index contributed by atoms with van der Waals surface area (Å²) in [6, 6.07) is 19.9. The van der Waals surface area contributed by atoms with Gasteiger partial charge in [0.2, 0.25) is 0 Å². The lowest BCUT2D eigenvalue weighted by Gasteiger charge is -2.38. The summed E-state index contributed by atoms with van der Waals surface area (Å²) in [6.07, 6.45) is -13.2. The second-order valence-electron chi connectivity index (χ2n) is 16.6. The number of rotatable bonds is 12. The number of benzene rings is 4. The summed E-state index contributed by atoms with van der Waals surface area (Å²) in [5.41, 5.74) is -7.62. The Kier molecular flexibility index (Phi) is 12.8. The summed E-state index contributed by atoms with van der Waals surface area (Å²) >= 11 is 0. The number of methoxy groups -OCH3 is 1. The Morgan fingerprint density at radius 1 is 0.694 bits per heavy atom. The maximum Gasteiger partial charge on any atom is 0.417 e. The van der Waals surface area contributed by atoms with Gasteiger partial charge in [-0.1, -0.05) is 33.8 Å². The third kappa shape index (κ3) is 10.1. The van der Waals surface area contributed by atoms with Gasteiger partial charge >= 0.3 is 12.4 Å². The van der Waals surface area contributed by atoms with E-state index >= 15 is 0 Å². The number of nitrogens with zero attached hydrogens (tertiary/aromatic N) is 2. The molecule has 0 spiro atoms. The molecule has 10 nitrogen and oxygen atoms in total. The van der Waals surface area contributed by atoms with Crippen LogP contribution in [0.4, 0.5) is 40.8 Å². The quantitative estimate of drug-likeness (QED) is 0.0463. The number of nitrogens with one attached hydrogen (secondary N) is 2. The number of phenolic OH excluding ortho intramolecular Hbond substituents is 1. The first-order chi connectivity index (χ1) is 28.6. The molecule has 0 bridgehead atoms. The van der Waals surface area contributed by atoms with Crippen molar-refractivity contribution in [3.05, 3.63) is 135 Å². The van der Waals surface area contributed by atoms with Crippen LogP contribution < -0.4 is 4.74 Å². The molecular formula is C44H42F8N4O6. The number of aliphatic hydroxyl groups is 2. The highest BCUT2D eigenvalue weighted by atomic mass is 19.4. The van der Waals surface area contributed by atoms with E-state index in [9.17, 15) is 60.6 Å². The highest BCUT2D eigenvalue weighted by Gasteiger charge is 2.57. The van der Waals surface area contributed by atoms with Crippen molar-refractivity contribution in [1.29, 1.82) is 5.26 Å². The number of non-ortho nitro benzene ring substituents is 1. The lowest BCUT2D eigenvalue weighted by molar-refractivity contribution is -0.384. The zero-order chi connectivity index (χ0) is 46.2. The van der Waals surface area contributed by atoms with Gasteiger partial charge in [-0.05, 0) is 95.8 Å². The molecule has 0 saturated heterocycles. The minimum absolute atomic E-state index is 0.0228. The standard InChI is InChI=1S/C23H22F4N2O2.C21H20F4N2O4/c1-21(2,18-10-16(24)6-7-20(18)31-3)13-22(30,23(25,26)27)11-17-9-15-5-4-14(12-28)8-19(15)29-17;1-19(2,16-9-13(22)3-6-18(16)28)11-20(29,21(23,24)25)10-14-7-12-8-15(27(30)31)4-5-17(12)26-14/h4-10,29-30H,11,13H2,1-3H3;3-9,26,28-29H,10-11H2,1-2H3. The Labute approximate surface area is 349 Å². The van der Waals surface area contributed by atoms with Crippen molar-refractivity contribution in [1.82, 2.24) is 9.97 Å². The average Bonchev–Trinajstić information content (AvgIpc) is 3.76. The van der Waals surface area contributed by atoms with Crippen LogP contribution in [0.5, 0.6) is 11.5 Å². The third-order valence-electron chi connectivity index (χ3n) is 10.7. The Balaban J connectivity index is 0.000000234. The van der Waals surface area contributed by atoms with E-state index in [1.54, 1.807) is 12.1 Å².